The number of fused-ring (bicyclic) bond motifs is 1. The molecule has 0 amide bonds. The molecule has 2 aliphatic heterocycles. The summed E-state index contributed by atoms with van der Waals surface area (Å²) in [6, 6.07) is 1.29. The molecule has 3 heterocycles. The van der Waals surface area contributed by atoms with Crippen molar-refractivity contribution < 1.29 is 4.74 Å². The number of piperazine rings is 1. The highest BCUT2D eigenvalue weighted by molar-refractivity contribution is 5.03. The lowest BCUT2D eigenvalue weighted by atomic mass is 10.0. The van der Waals surface area contributed by atoms with E-state index in [1.54, 1.807) is 0 Å². The molecule has 0 unspecified atom stereocenters. The van der Waals surface area contributed by atoms with Crippen molar-refractivity contribution in [2.45, 2.75) is 57.7 Å². The number of aryl methyl sites for hydroxylation is 1. The van der Waals surface area contributed by atoms with Crippen molar-refractivity contribution in [1.82, 2.24) is 19.8 Å². The molecule has 0 aromatic carbocycles. The van der Waals surface area contributed by atoms with E-state index in [4.69, 9.17) is 4.74 Å². The second kappa shape index (κ2) is 6.91. The summed E-state index contributed by atoms with van der Waals surface area (Å²) in [5, 5.41) is 0. The molecular formula is C18H30N4O. The SMILES string of the molecule is CCCCc1ncc(CN2CCN3[C@@H](COC[C@@H]3C3CC3)C2)[nH]1. The molecule has 1 aliphatic carbocycles. The van der Waals surface area contributed by atoms with Gasteiger partial charge in [0.2, 0.25) is 0 Å². The highest BCUT2D eigenvalue weighted by Crippen LogP contribution is 2.38. The van der Waals surface area contributed by atoms with Gasteiger partial charge in [-0.15, -0.1) is 0 Å². The Morgan fingerprint density at radius 1 is 1.30 bits per heavy atom. The maximum absolute atomic E-state index is 5.91. The van der Waals surface area contributed by atoms with E-state index in [0.717, 1.165) is 44.5 Å². The summed E-state index contributed by atoms with van der Waals surface area (Å²) in [5.74, 6) is 2.06. The van der Waals surface area contributed by atoms with Gasteiger partial charge in [0, 0.05) is 56.6 Å². The van der Waals surface area contributed by atoms with E-state index in [2.05, 4.69) is 26.7 Å². The average molecular weight is 318 g/mol. The van der Waals surface area contributed by atoms with Crippen molar-refractivity contribution >= 4 is 0 Å². The first-order valence-electron chi connectivity index (χ1n) is 9.42. The monoisotopic (exact) mass is 318 g/mol. The van der Waals surface area contributed by atoms with Gasteiger partial charge in [0.25, 0.3) is 0 Å². The molecule has 2 atom stereocenters. The molecule has 128 valence electrons. The van der Waals surface area contributed by atoms with Crippen LogP contribution in [0.4, 0.5) is 0 Å². The number of ether oxygens (including phenoxy) is 1. The molecule has 5 heteroatoms. The quantitative estimate of drug-likeness (QED) is 0.872. The first-order valence-corrected chi connectivity index (χ1v) is 9.42. The highest BCUT2D eigenvalue weighted by atomic mass is 16.5. The predicted molar refractivity (Wildman–Crippen MR) is 90.3 cm³/mol. The average Bonchev–Trinajstić information content (AvgIpc) is 3.33. The molecule has 0 radical (unpaired) electrons. The molecule has 2 saturated heterocycles. The van der Waals surface area contributed by atoms with Crippen molar-refractivity contribution in [1.29, 1.82) is 0 Å². The van der Waals surface area contributed by atoms with E-state index in [-0.39, 0.29) is 0 Å². The first kappa shape index (κ1) is 15.6. The fraction of sp³-hybridized carbons (Fsp3) is 0.833. The van der Waals surface area contributed by atoms with Crippen LogP contribution in [0.1, 0.15) is 44.1 Å². The van der Waals surface area contributed by atoms with Gasteiger partial charge < -0.3 is 9.72 Å². The molecule has 3 aliphatic rings. The molecule has 1 saturated carbocycles. The van der Waals surface area contributed by atoms with E-state index in [9.17, 15) is 0 Å². The van der Waals surface area contributed by atoms with Crippen LogP contribution in [0.5, 0.6) is 0 Å². The number of H-pyrrole nitrogens is 1. The standard InChI is InChI=1S/C18H30N4O/c1-2-3-4-18-19-9-15(20-18)10-21-7-8-22-16(11-21)12-23-13-17(22)14-5-6-14/h9,14,16-17H,2-8,10-13H2,1H3,(H,19,20)/t16-,17-/m1/s1. The minimum atomic E-state index is 0.589. The molecule has 1 N–H and O–H groups in total. The Balaban J connectivity index is 1.32. The number of rotatable bonds is 6. The Morgan fingerprint density at radius 2 is 2.22 bits per heavy atom. The minimum Gasteiger partial charge on any atom is -0.378 e. The van der Waals surface area contributed by atoms with Crippen molar-refractivity contribution in [3.63, 3.8) is 0 Å². The third-order valence-corrected chi connectivity index (χ3v) is 5.65. The zero-order valence-corrected chi connectivity index (χ0v) is 14.3. The Bertz CT molecular complexity index is 513. The summed E-state index contributed by atoms with van der Waals surface area (Å²) in [6.07, 6.45) is 8.37. The molecular weight excluding hydrogens is 288 g/mol. The largest absolute Gasteiger partial charge is 0.378 e. The van der Waals surface area contributed by atoms with Crippen LogP contribution in [0, 0.1) is 5.92 Å². The fourth-order valence-electron chi connectivity index (χ4n) is 4.17. The van der Waals surface area contributed by atoms with Crippen molar-refractivity contribution in [3.05, 3.63) is 17.7 Å². The van der Waals surface area contributed by atoms with Gasteiger partial charge in [0.15, 0.2) is 0 Å². The van der Waals surface area contributed by atoms with Crippen LogP contribution in [-0.4, -0.2) is 64.7 Å². The number of unbranched alkanes of at least 4 members (excludes halogenated alkanes) is 1. The van der Waals surface area contributed by atoms with Gasteiger partial charge >= 0.3 is 0 Å². The van der Waals surface area contributed by atoms with Crippen LogP contribution in [0.2, 0.25) is 0 Å². The van der Waals surface area contributed by atoms with Gasteiger partial charge in [-0.25, -0.2) is 4.98 Å². The smallest absolute Gasteiger partial charge is 0.106 e. The van der Waals surface area contributed by atoms with Crippen LogP contribution in [0.25, 0.3) is 0 Å². The summed E-state index contributed by atoms with van der Waals surface area (Å²) in [4.78, 5) is 13.3. The van der Waals surface area contributed by atoms with Gasteiger partial charge in [-0.05, 0) is 25.2 Å². The third-order valence-electron chi connectivity index (χ3n) is 5.65. The highest BCUT2D eigenvalue weighted by Gasteiger charge is 2.42. The number of aromatic amines is 1. The number of hydrogen-bond donors (Lipinski definition) is 1. The number of nitrogens with zero attached hydrogens (tertiary/aromatic N) is 3. The van der Waals surface area contributed by atoms with E-state index >= 15 is 0 Å². The molecule has 23 heavy (non-hydrogen) atoms. The van der Waals surface area contributed by atoms with Gasteiger partial charge in [0.05, 0.1) is 13.2 Å². The van der Waals surface area contributed by atoms with Crippen molar-refractivity contribution in [2.75, 3.05) is 32.8 Å². The molecule has 0 bridgehead atoms. The number of imidazole rings is 1. The van der Waals surface area contributed by atoms with Gasteiger partial charge in [-0.1, -0.05) is 13.3 Å². The zero-order valence-electron chi connectivity index (χ0n) is 14.3. The zero-order chi connectivity index (χ0) is 15.6. The van der Waals surface area contributed by atoms with Crippen LogP contribution in [0.3, 0.4) is 0 Å². The van der Waals surface area contributed by atoms with Crippen LogP contribution in [-0.2, 0) is 17.7 Å². The molecule has 0 spiro atoms. The van der Waals surface area contributed by atoms with Crippen LogP contribution in [0.15, 0.2) is 6.20 Å². The van der Waals surface area contributed by atoms with Crippen molar-refractivity contribution in [2.24, 2.45) is 5.92 Å². The van der Waals surface area contributed by atoms with E-state index in [1.165, 1.54) is 44.5 Å². The van der Waals surface area contributed by atoms with Gasteiger partial charge in [-0.2, -0.15) is 0 Å². The first-order chi connectivity index (χ1) is 11.3. The van der Waals surface area contributed by atoms with E-state index in [1.807, 2.05) is 6.20 Å². The second-order valence-electron chi connectivity index (χ2n) is 7.53. The molecule has 1 aromatic heterocycles. The van der Waals surface area contributed by atoms with Gasteiger partial charge in [-0.3, -0.25) is 9.80 Å². The molecule has 4 rings (SSSR count). The Hall–Kier alpha value is -0.910. The number of morpholine rings is 1. The lowest BCUT2D eigenvalue weighted by Crippen LogP contribution is -2.62. The summed E-state index contributed by atoms with van der Waals surface area (Å²) in [7, 11) is 0. The summed E-state index contributed by atoms with van der Waals surface area (Å²) in [5.41, 5.74) is 1.26. The maximum atomic E-state index is 5.91. The summed E-state index contributed by atoms with van der Waals surface area (Å²) < 4.78 is 5.91. The Labute approximate surface area is 139 Å². The molecule has 3 fully saturated rings. The topological polar surface area (TPSA) is 44.4 Å². The van der Waals surface area contributed by atoms with Crippen LogP contribution < -0.4 is 0 Å². The van der Waals surface area contributed by atoms with Gasteiger partial charge in [0.1, 0.15) is 5.82 Å². The number of hydrogen-bond acceptors (Lipinski definition) is 4. The third kappa shape index (κ3) is 3.62. The Kier molecular flexibility index (Phi) is 4.69. The minimum absolute atomic E-state index is 0.589. The fourth-order valence-corrected chi connectivity index (χ4v) is 4.17. The lowest BCUT2D eigenvalue weighted by molar-refractivity contribution is -0.0881. The van der Waals surface area contributed by atoms with E-state index < -0.39 is 0 Å². The number of nitrogens with one attached hydrogen (secondary N) is 1. The van der Waals surface area contributed by atoms with Crippen molar-refractivity contribution in [3.8, 4) is 0 Å². The molecule has 5 nitrogen and oxygen atoms in total. The second-order valence-corrected chi connectivity index (χ2v) is 7.53. The number of aromatic nitrogens is 2. The Morgan fingerprint density at radius 3 is 3.04 bits per heavy atom. The summed E-state index contributed by atoms with van der Waals surface area (Å²) in [6.45, 7) is 8.59. The lowest BCUT2D eigenvalue weighted by Gasteiger charge is -2.48. The molecule has 1 aromatic rings. The summed E-state index contributed by atoms with van der Waals surface area (Å²) >= 11 is 0. The maximum Gasteiger partial charge on any atom is 0.106 e. The van der Waals surface area contributed by atoms with E-state index in [0.29, 0.717) is 12.1 Å². The van der Waals surface area contributed by atoms with Crippen LogP contribution >= 0.6 is 0 Å². The predicted octanol–water partition coefficient (Wildman–Crippen LogP) is 2.05. The normalized spacial score (nSPS) is 29.6.